The summed E-state index contributed by atoms with van der Waals surface area (Å²) in [5.41, 5.74) is 0.950. The number of carbonyl (C=O) groups is 1. The van der Waals surface area contributed by atoms with Gasteiger partial charge in [-0.1, -0.05) is 18.7 Å². The van der Waals surface area contributed by atoms with Crippen LogP contribution in [0.1, 0.15) is 29.9 Å². The molecular weight excluding hydrogens is 382 g/mol. The Bertz CT molecular complexity index is 879. The molecule has 1 fully saturated rings. The van der Waals surface area contributed by atoms with Crippen LogP contribution in [0.3, 0.4) is 0 Å². The molecule has 160 valence electrons. The van der Waals surface area contributed by atoms with Crippen LogP contribution in [0, 0.1) is 6.92 Å². The smallest absolute Gasteiger partial charge is 0.247 e. The second-order valence-electron chi connectivity index (χ2n) is 7.22. The lowest BCUT2D eigenvalue weighted by Crippen LogP contribution is -2.35. The second-order valence-corrected chi connectivity index (χ2v) is 7.22. The van der Waals surface area contributed by atoms with Gasteiger partial charge in [-0.25, -0.2) is 0 Å². The summed E-state index contributed by atoms with van der Waals surface area (Å²) in [6.45, 7) is 7.66. The number of nitrogens with zero attached hydrogens (tertiary/aromatic N) is 1. The van der Waals surface area contributed by atoms with E-state index in [9.17, 15) is 4.79 Å². The lowest BCUT2D eigenvalue weighted by Gasteiger charge is -2.25. The van der Waals surface area contributed by atoms with Crippen LogP contribution >= 0.6 is 0 Å². The minimum atomic E-state index is -0.0921. The molecule has 1 atom stereocenters. The van der Waals surface area contributed by atoms with E-state index in [2.05, 4.69) is 6.58 Å². The van der Waals surface area contributed by atoms with Gasteiger partial charge in [-0.15, -0.1) is 0 Å². The Morgan fingerprint density at radius 2 is 2.17 bits per heavy atom. The number of ether oxygens (including phenoxy) is 3. The average molecular weight is 411 g/mol. The van der Waals surface area contributed by atoms with Gasteiger partial charge in [0.2, 0.25) is 5.91 Å². The first-order valence-corrected chi connectivity index (χ1v) is 10.1. The van der Waals surface area contributed by atoms with Gasteiger partial charge in [0.05, 0.1) is 13.2 Å². The molecule has 0 aliphatic carbocycles. The highest BCUT2D eigenvalue weighted by atomic mass is 16.5. The maximum Gasteiger partial charge on any atom is 0.247 e. The molecule has 3 rings (SSSR count). The molecule has 2 aromatic rings. The predicted octanol–water partition coefficient (Wildman–Crippen LogP) is 4.38. The summed E-state index contributed by atoms with van der Waals surface area (Å²) in [6, 6.07) is 9.41. The van der Waals surface area contributed by atoms with E-state index in [4.69, 9.17) is 18.6 Å². The first-order valence-electron chi connectivity index (χ1n) is 10.1. The summed E-state index contributed by atoms with van der Waals surface area (Å²) < 4.78 is 22.3. The van der Waals surface area contributed by atoms with Gasteiger partial charge in [-0.05, 0) is 55.7 Å². The molecule has 1 aliphatic heterocycles. The highest BCUT2D eigenvalue weighted by Crippen LogP contribution is 2.29. The van der Waals surface area contributed by atoms with E-state index in [0.29, 0.717) is 37.0 Å². The van der Waals surface area contributed by atoms with Crippen LogP contribution < -0.4 is 9.47 Å². The summed E-state index contributed by atoms with van der Waals surface area (Å²) in [5, 5.41) is 0. The van der Waals surface area contributed by atoms with Gasteiger partial charge in [0.25, 0.3) is 0 Å². The molecule has 6 heteroatoms. The van der Waals surface area contributed by atoms with Gasteiger partial charge in [-0.3, -0.25) is 4.79 Å². The molecule has 1 aliphatic rings. The van der Waals surface area contributed by atoms with Crippen molar-refractivity contribution < 1.29 is 23.4 Å². The summed E-state index contributed by atoms with van der Waals surface area (Å²) in [4.78, 5) is 14.7. The number of hydrogen-bond acceptors (Lipinski definition) is 5. The minimum absolute atomic E-state index is 0.0605. The number of amides is 1. The summed E-state index contributed by atoms with van der Waals surface area (Å²) in [5.74, 6) is 2.64. The van der Waals surface area contributed by atoms with Gasteiger partial charge < -0.3 is 23.5 Å². The Morgan fingerprint density at radius 1 is 1.30 bits per heavy atom. The fourth-order valence-electron chi connectivity index (χ4n) is 3.37. The van der Waals surface area contributed by atoms with E-state index >= 15 is 0 Å². The maximum absolute atomic E-state index is 13.0. The number of carbonyl (C=O) groups excluding carboxylic acids is 1. The monoisotopic (exact) mass is 411 g/mol. The summed E-state index contributed by atoms with van der Waals surface area (Å²) in [7, 11) is 1.60. The third-order valence-corrected chi connectivity index (χ3v) is 4.87. The van der Waals surface area contributed by atoms with E-state index in [1.54, 1.807) is 30.2 Å². The van der Waals surface area contributed by atoms with Crippen LogP contribution in [0.4, 0.5) is 0 Å². The molecule has 0 spiro atoms. The molecule has 1 amide bonds. The van der Waals surface area contributed by atoms with Gasteiger partial charge in [-0.2, -0.15) is 0 Å². The normalized spacial score (nSPS) is 16.0. The molecule has 0 N–H and O–H groups in total. The van der Waals surface area contributed by atoms with Crippen molar-refractivity contribution in [2.75, 3.05) is 26.9 Å². The van der Waals surface area contributed by atoms with Crippen LogP contribution in [-0.2, 0) is 16.1 Å². The molecule has 1 saturated heterocycles. The largest absolute Gasteiger partial charge is 0.493 e. The molecule has 30 heavy (non-hydrogen) atoms. The number of hydrogen-bond donors (Lipinski definition) is 0. The topological polar surface area (TPSA) is 61.1 Å². The zero-order valence-corrected chi connectivity index (χ0v) is 17.6. The third-order valence-electron chi connectivity index (χ3n) is 4.87. The van der Waals surface area contributed by atoms with Crippen LogP contribution in [0.15, 0.2) is 53.5 Å². The molecule has 1 aromatic carbocycles. The van der Waals surface area contributed by atoms with Crippen molar-refractivity contribution in [2.45, 2.75) is 32.4 Å². The number of aryl methyl sites for hydroxylation is 1. The van der Waals surface area contributed by atoms with Crippen molar-refractivity contribution in [1.29, 1.82) is 0 Å². The number of benzene rings is 1. The van der Waals surface area contributed by atoms with Crippen molar-refractivity contribution in [3.63, 3.8) is 0 Å². The quantitative estimate of drug-likeness (QED) is 0.429. The average Bonchev–Trinajstić information content (AvgIpc) is 3.42. The fraction of sp³-hybridized carbons (Fsp3) is 0.375. The first kappa shape index (κ1) is 21.7. The maximum atomic E-state index is 13.0. The van der Waals surface area contributed by atoms with Crippen LogP contribution in [0.25, 0.3) is 6.08 Å². The number of methoxy groups -OCH3 is 1. The molecular formula is C24H29NO5. The highest BCUT2D eigenvalue weighted by molar-refractivity contribution is 5.91. The van der Waals surface area contributed by atoms with E-state index in [1.165, 1.54) is 0 Å². The Morgan fingerprint density at radius 3 is 2.83 bits per heavy atom. The first-order chi connectivity index (χ1) is 14.6. The molecule has 1 aromatic heterocycles. The van der Waals surface area contributed by atoms with Gasteiger partial charge in [0.1, 0.15) is 18.1 Å². The summed E-state index contributed by atoms with van der Waals surface area (Å²) >= 11 is 0. The van der Waals surface area contributed by atoms with Crippen molar-refractivity contribution >= 4 is 12.0 Å². The van der Waals surface area contributed by atoms with Gasteiger partial charge in [0.15, 0.2) is 11.5 Å². The zero-order chi connectivity index (χ0) is 21.3. The molecule has 1 unspecified atom stereocenters. The molecule has 6 nitrogen and oxygen atoms in total. The third kappa shape index (κ3) is 6.00. The van der Waals surface area contributed by atoms with Gasteiger partial charge >= 0.3 is 0 Å². The number of furan rings is 1. The zero-order valence-electron chi connectivity index (χ0n) is 17.6. The van der Waals surface area contributed by atoms with Gasteiger partial charge in [0, 0.05) is 25.8 Å². The fourth-order valence-corrected chi connectivity index (χ4v) is 3.37. The van der Waals surface area contributed by atoms with Crippen molar-refractivity contribution in [3.8, 4) is 11.5 Å². The minimum Gasteiger partial charge on any atom is -0.493 e. The van der Waals surface area contributed by atoms with Crippen LogP contribution in [0.5, 0.6) is 11.5 Å². The molecule has 0 saturated carbocycles. The van der Waals surface area contributed by atoms with E-state index in [1.807, 2.05) is 37.3 Å². The SMILES string of the molecule is C=CCOc1ccc(CN(CC2CCCO2)C(=O)/C=C/c2ccc(C)o2)cc1OC. The van der Waals surface area contributed by atoms with Crippen molar-refractivity contribution in [3.05, 3.63) is 66.1 Å². The lowest BCUT2D eigenvalue weighted by atomic mass is 10.1. The van der Waals surface area contributed by atoms with E-state index in [0.717, 1.165) is 30.8 Å². The summed E-state index contributed by atoms with van der Waals surface area (Å²) in [6.07, 6.45) is 6.98. The van der Waals surface area contributed by atoms with E-state index < -0.39 is 0 Å². The molecule has 0 bridgehead atoms. The van der Waals surface area contributed by atoms with Crippen molar-refractivity contribution in [2.24, 2.45) is 0 Å². The van der Waals surface area contributed by atoms with E-state index in [-0.39, 0.29) is 12.0 Å². The lowest BCUT2D eigenvalue weighted by molar-refractivity contribution is -0.128. The van der Waals surface area contributed by atoms with Crippen LogP contribution in [-0.4, -0.2) is 43.8 Å². The Kier molecular flexibility index (Phi) is 7.74. The Balaban J connectivity index is 1.75. The molecule has 2 heterocycles. The highest BCUT2D eigenvalue weighted by Gasteiger charge is 2.22. The van der Waals surface area contributed by atoms with Crippen molar-refractivity contribution in [1.82, 2.24) is 4.90 Å². The number of rotatable bonds is 10. The Labute approximate surface area is 177 Å². The Hall–Kier alpha value is -2.99. The van der Waals surface area contributed by atoms with Crippen LogP contribution in [0.2, 0.25) is 0 Å². The predicted molar refractivity (Wildman–Crippen MR) is 116 cm³/mol. The second kappa shape index (κ2) is 10.7. The molecule has 0 radical (unpaired) electrons. The standard InChI is InChI=1S/C24H29NO5/c1-4-13-29-22-11-8-19(15-23(22)27-3)16-25(17-21-6-5-14-28-21)24(26)12-10-20-9-7-18(2)30-20/h4,7-12,15,21H,1,5-6,13-14,16-17H2,2-3H3/b12-10+.